The summed E-state index contributed by atoms with van der Waals surface area (Å²) in [4.78, 5) is 19.4. The fourth-order valence-electron chi connectivity index (χ4n) is 3.86. The van der Waals surface area contributed by atoms with Gasteiger partial charge in [-0.25, -0.2) is 4.98 Å². The van der Waals surface area contributed by atoms with Crippen LogP contribution in [0.3, 0.4) is 0 Å². The van der Waals surface area contributed by atoms with Gasteiger partial charge in [-0.3, -0.25) is 4.79 Å². The maximum atomic E-state index is 12.9. The molecule has 2 fully saturated rings. The predicted molar refractivity (Wildman–Crippen MR) is 86.3 cm³/mol. The second kappa shape index (κ2) is 7.27. The molecule has 122 valence electrons. The molecule has 1 unspecified atom stereocenters. The zero-order chi connectivity index (χ0) is 15.4. The van der Waals surface area contributed by atoms with Crippen LogP contribution in [0.2, 0.25) is 0 Å². The molecule has 1 N–H and O–H groups in total. The Bertz CT molecular complexity index is 491. The molecule has 1 saturated heterocycles. The minimum atomic E-state index is 0.0760. The number of carbonyl (C=O) groups excluding carboxylic acids is 1. The van der Waals surface area contributed by atoms with E-state index in [-0.39, 0.29) is 6.04 Å². The number of rotatable bonds is 3. The molecule has 1 aromatic rings. The number of piperazine rings is 1. The van der Waals surface area contributed by atoms with Gasteiger partial charge >= 0.3 is 0 Å². The second-order valence-electron chi connectivity index (χ2n) is 6.77. The molecule has 1 aromatic heterocycles. The second-order valence-corrected chi connectivity index (χ2v) is 6.77. The molecule has 5 nitrogen and oxygen atoms in total. The Morgan fingerprint density at radius 1 is 1.32 bits per heavy atom. The van der Waals surface area contributed by atoms with Gasteiger partial charge in [0.25, 0.3) is 0 Å². The van der Waals surface area contributed by atoms with Gasteiger partial charge in [0.15, 0.2) is 0 Å². The van der Waals surface area contributed by atoms with Crippen molar-refractivity contribution in [1.82, 2.24) is 19.8 Å². The highest BCUT2D eigenvalue weighted by molar-refractivity contribution is 5.77. The zero-order valence-electron chi connectivity index (χ0n) is 13.6. The number of hydrogen-bond donors (Lipinski definition) is 1. The number of imidazole rings is 1. The van der Waals surface area contributed by atoms with Gasteiger partial charge in [-0.2, -0.15) is 0 Å². The van der Waals surface area contributed by atoms with Crippen LogP contribution in [0.4, 0.5) is 0 Å². The highest BCUT2D eigenvalue weighted by Gasteiger charge is 2.31. The zero-order valence-corrected chi connectivity index (χ0v) is 13.6. The van der Waals surface area contributed by atoms with Gasteiger partial charge < -0.3 is 14.8 Å². The Labute approximate surface area is 133 Å². The normalized spacial score (nSPS) is 24.2. The molecular formula is C17H28N4O. The SMILES string of the molecule is Cn1ccnc1C1CNCCN1C(=O)CC1CCCCCC1. The third-order valence-electron chi connectivity index (χ3n) is 5.16. The van der Waals surface area contributed by atoms with E-state index in [1.165, 1.54) is 38.5 Å². The minimum Gasteiger partial charge on any atom is -0.336 e. The maximum Gasteiger partial charge on any atom is 0.223 e. The number of nitrogens with zero attached hydrogens (tertiary/aromatic N) is 3. The number of nitrogens with one attached hydrogen (secondary N) is 1. The predicted octanol–water partition coefficient (Wildman–Crippen LogP) is 2.25. The van der Waals surface area contributed by atoms with E-state index in [4.69, 9.17) is 0 Å². The first-order valence-corrected chi connectivity index (χ1v) is 8.73. The van der Waals surface area contributed by atoms with Crippen LogP contribution in [0.5, 0.6) is 0 Å². The van der Waals surface area contributed by atoms with Crippen molar-refractivity contribution in [3.63, 3.8) is 0 Å². The highest BCUT2D eigenvalue weighted by atomic mass is 16.2. The molecule has 1 aliphatic heterocycles. The number of amides is 1. The monoisotopic (exact) mass is 304 g/mol. The first-order valence-electron chi connectivity index (χ1n) is 8.73. The van der Waals surface area contributed by atoms with Crippen molar-refractivity contribution in [3.05, 3.63) is 18.2 Å². The molecule has 0 bridgehead atoms. The topological polar surface area (TPSA) is 50.2 Å². The lowest BCUT2D eigenvalue weighted by atomic mass is 9.95. The lowest BCUT2D eigenvalue weighted by Crippen LogP contribution is -2.49. The third-order valence-corrected chi connectivity index (χ3v) is 5.16. The summed E-state index contributed by atoms with van der Waals surface area (Å²) >= 11 is 0. The van der Waals surface area contributed by atoms with Crippen LogP contribution in [-0.2, 0) is 11.8 Å². The summed E-state index contributed by atoms with van der Waals surface area (Å²) in [7, 11) is 2.00. The van der Waals surface area contributed by atoms with Gasteiger partial charge in [-0.15, -0.1) is 0 Å². The van der Waals surface area contributed by atoms with Crippen molar-refractivity contribution in [3.8, 4) is 0 Å². The fourth-order valence-corrected chi connectivity index (χ4v) is 3.86. The van der Waals surface area contributed by atoms with Crippen LogP contribution in [-0.4, -0.2) is 40.0 Å². The number of aryl methyl sites for hydroxylation is 1. The first-order chi connectivity index (χ1) is 10.8. The Hall–Kier alpha value is -1.36. The molecule has 2 aliphatic rings. The summed E-state index contributed by atoms with van der Waals surface area (Å²) in [6.07, 6.45) is 12.2. The van der Waals surface area contributed by atoms with E-state index in [0.717, 1.165) is 31.9 Å². The quantitative estimate of drug-likeness (QED) is 0.872. The Morgan fingerprint density at radius 3 is 2.77 bits per heavy atom. The molecule has 22 heavy (non-hydrogen) atoms. The van der Waals surface area contributed by atoms with E-state index in [1.54, 1.807) is 0 Å². The standard InChI is InChI=1S/C17H28N4O/c1-20-10-9-19-17(20)15-13-18-8-11-21(15)16(22)12-14-6-4-2-3-5-7-14/h9-10,14-15,18H,2-8,11-13H2,1H3. The van der Waals surface area contributed by atoms with Crippen molar-refractivity contribution >= 4 is 5.91 Å². The van der Waals surface area contributed by atoms with E-state index in [1.807, 2.05) is 24.0 Å². The Morgan fingerprint density at radius 2 is 2.09 bits per heavy atom. The van der Waals surface area contributed by atoms with E-state index >= 15 is 0 Å². The molecule has 0 aromatic carbocycles. The molecule has 0 radical (unpaired) electrons. The Kier molecular flexibility index (Phi) is 5.13. The van der Waals surface area contributed by atoms with Crippen LogP contribution in [0.25, 0.3) is 0 Å². The molecule has 0 spiro atoms. The van der Waals surface area contributed by atoms with E-state index in [0.29, 0.717) is 11.8 Å². The number of carbonyl (C=O) groups is 1. The van der Waals surface area contributed by atoms with Gasteiger partial charge in [0.2, 0.25) is 5.91 Å². The summed E-state index contributed by atoms with van der Waals surface area (Å²) in [5.41, 5.74) is 0. The average molecular weight is 304 g/mol. The van der Waals surface area contributed by atoms with Crippen molar-refractivity contribution in [2.24, 2.45) is 13.0 Å². The molecule has 2 heterocycles. The number of hydrogen-bond acceptors (Lipinski definition) is 3. The van der Waals surface area contributed by atoms with Crippen molar-refractivity contribution < 1.29 is 4.79 Å². The van der Waals surface area contributed by atoms with Crippen LogP contribution in [0, 0.1) is 5.92 Å². The molecule has 1 aliphatic carbocycles. The summed E-state index contributed by atoms with van der Waals surface area (Å²) in [6, 6.07) is 0.0760. The highest BCUT2D eigenvalue weighted by Crippen LogP contribution is 2.28. The van der Waals surface area contributed by atoms with Gasteiger partial charge in [0, 0.05) is 45.5 Å². The van der Waals surface area contributed by atoms with Crippen LogP contribution in [0.1, 0.15) is 56.8 Å². The minimum absolute atomic E-state index is 0.0760. The lowest BCUT2D eigenvalue weighted by Gasteiger charge is -2.36. The van der Waals surface area contributed by atoms with Crippen molar-refractivity contribution in [2.75, 3.05) is 19.6 Å². The molecule has 1 saturated carbocycles. The summed E-state index contributed by atoms with van der Waals surface area (Å²) in [5, 5.41) is 3.40. The molecule has 3 rings (SSSR count). The van der Waals surface area contributed by atoms with Crippen LogP contribution >= 0.6 is 0 Å². The lowest BCUT2D eigenvalue weighted by molar-refractivity contribution is -0.136. The molecule has 1 atom stereocenters. The molecular weight excluding hydrogens is 276 g/mol. The van der Waals surface area contributed by atoms with E-state index < -0.39 is 0 Å². The summed E-state index contributed by atoms with van der Waals surface area (Å²) in [6.45, 7) is 2.49. The maximum absolute atomic E-state index is 12.9. The van der Waals surface area contributed by atoms with Gasteiger partial charge in [-0.05, 0) is 18.8 Å². The molecule has 5 heteroatoms. The van der Waals surface area contributed by atoms with Gasteiger partial charge in [0.05, 0.1) is 0 Å². The van der Waals surface area contributed by atoms with Crippen LogP contribution < -0.4 is 5.32 Å². The fraction of sp³-hybridized carbons (Fsp3) is 0.765. The first kappa shape index (κ1) is 15.5. The van der Waals surface area contributed by atoms with Crippen LogP contribution in [0.15, 0.2) is 12.4 Å². The average Bonchev–Trinajstić information content (AvgIpc) is 2.80. The van der Waals surface area contributed by atoms with E-state index in [2.05, 4.69) is 15.2 Å². The van der Waals surface area contributed by atoms with Crippen molar-refractivity contribution in [1.29, 1.82) is 0 Å². The van der Waals surface area contributed by atoms with Gasteiger partial charge in [0.1, 0.15) is 11.9 Å². The smallest absolute Gasteiger partial charge is 0.223 e. The van der Waals surface area contributed by atoms with Crippen molar-refractivity contribution in [2.45, 2.75) is 51.0 Å². The summed E-state index contributed by atoms with van der Waals surface area (Å²) in [5.74, 6) is 1.90. The Balaban J connectivity index is 1.67. The van der Waals surface area contributed by atoms with E-state index in [9.17, 15) is 4.79 Å². The number of aromatic nitrogens is 2. The third kappa shape index (κ3) is 3.51. The largest absolute Gasteiger partial charge is 0.336 e. The molecule has 1 amide bonds. The summed E-state index contributed by atoms with van der Waals surface area (Å²) < 4.78 is 2.03. The van der Waals surface area contributed by atoms with Gasteiger partial charge in [-0.1, -0.05) is 25.7 Å².